The molecule has 1 atom stereocenters. The van der Waals surface area contributed by atoms with Crippen molar-refractivity contribution in [2.75, 3.05) is 19.7 Å². The summed E-state index contributed by atoms with van der Waals surface area (Å²) in [6.45, 7) is 11.4. The van der Waals surface area contributed by atoms with E-state index in [0.717, 1.165) is 31.1 Å². The monoisotopic (exact) mass is 283 g/mol. The van der Waals surface area contributed by atoms with Gasteiger partial charge in [0.05, 0.1) is 6.10 Å². The van der Waals surface area contributed by atoms with Crippen molar-refractivity contribution in [3.63, 3.8) is 0 Å². The first-order valence-corrected chi connectivity index (χ1v) is 7.38. The van der Waals surface area contributed by atoms with Crippen molar-refractivity contribution in [1.29, 1.82) is 0 Å². The van der Waals surface area contributed by atoms with E-state index < -0.39 is 0 Å². The second-order valence-electron chi connectivity index (χ2n) is 6.03. The van der Waals surface area contributed by atoms with Gasteiger partial charge in [-0.1, -0.05) is 51.4 Å². The molecule has 0 saturated heterocycles. The zero-order chi connectivity index (χ0) is 14.3. The lowest BCUT2D eigenvalue weighted by Gasteiger charge is -2.23. The lowest BCUT2D eigenvalue weighted by Crippen LogP contribution is -2.24. The van der Waals surface area contributed by atoms with Gasteiger partial charge >= 0.3 is 0 Å². The van der Waals surface area contributed by atoms with E-state index >= 15 is 0 Å². The number of hydrogen-bond donors (Lipinski definition) is 1. The van der Waals surface area contributed by atoms with E-state index in [9.17, 15) is 0 Å². The van der Waals surface area contributed by atoms with Crippen molar-refractivity contribution in [3.05, 3.63) is 34.9 Å². The SMILES string of the molecule is CCNCC(OCCC(C)(C)C)c1ccc(Cl)cc1. The molecule has 19 heavy (non-hydrogen) atoms. The topological polar surface area (TPSA) is 21.3 Å². The maximum Gasteiger partial charge on any atom is 0.0949 e. The first-order chi connectivity index (χ1) is 8.92. The number of rotatable bonds is 7. The van der Waals surface area contributed by atoms with Gasteiger partial charge in [-0.3, -0.25) is 0 Å². The summed E-state index contributed by atoms with van der Waals surface area (Å²) in [6, 6.07) is 7.93. The normalized spacial score (nSPS) is 13.5. The van der Waals surface area contributed by atoms with Crippen LogP contribution in [0.5, 0.6) is 0 Å². The van der Waals surface area contributed by atoms with Gasteiger partial charge in [0.1, 0.15) is 0 Å². The van der Waals surface area contributed by atoms with Crippen molar-refractivity contribution < 1.29 is 4.74 Å². The third-order valence-corrected chi connectivity index (χ3v) is 3.24. The van der Waals surface area contributed by atoms with Crippen LogP contribution in [0.1, 0.15) is 45.8 Å². The quantitative estimate of drug-likeness (QED) is 0.798. The minimum Gasteiger partial charge on any atom is -0.372 e. The third kappa shape index (κ3) is 6.95. The lowest BCUT2D eigenvalue weighted by molar-refractivity contribution is 0.0373. The Morgan fingerprint density at radius 3 is 2.37 bits per heavy atom. The standard InChI is InChI=1S/C16H26ClNO/c1-5-18-12-15(19-11-10-16(2,3)4)13-6-8-14(17)9-7-13/h6-9,15,18H,5,10-12H2,1-4H3. The summed E-state index contributed by atoms with van der Waals surface area (Å²) in [4.78, 5) is 0. The second-order valence-corrected chi connectivity index (χ2v) is 6.47. The van der Waals surface area contributed by atoms with Crippen LogP contribution in [0.25, 0.3) is 0 Å². The van der Waals surface area contributed by atoms with Crippen LogP contribution in [0.2, 0.25) is 5.02 Å². The minimum atomic E-state index is 0.0968. The van der Waals surface area contributed by atoms with Gasteiger partial charge in [0, 0.05) is 18.2 Å². The molecule has 0 saturated carbocycles. The highest BCUT2D eigenvalue weighted by molar-refractivity contribution is 6.30. The first-order valence-electron chi connectivity index (χ1n) is 7.00. The van der Waals surface area contributed by atoms with Gasteiger partial charge in [0.2, 0.25) is 0 Å². The molecule has 1 aromatic carbocycles. The maximum atomic E-state index is 6.04. The van der Waals surface area contributed by atoms with Gasteiger partial charge in [0.25, 0.3) is 0 Å². The van der Waals surface area contributed by atoms with E-state index in [1.54, 1.807) is 0 Å². The molecule has 3 heteroatoms. The van der Waals surface area contributed by atoms with Crippen LogP contribution < -0.4 is 5.32 Å². The highest BCUT2D eigenvalue weighted by atomic mass is 35.5. The molecule has 2 nitrogen and oxygen atoms in total. The van der Waals surface area contributed by atoms with E-state index in [1.165, 1.54) is 5.56 Å². The van der Waals surface area contributed by atoms with Gasteiger partial charge < -0.3 is 10.1 Å². The number of ether oxygens (including phenoxy) is 1. The van der Waals surface area contributed by atoms with Crippen LogP contribution in [0.3, 0.4) is 0 Å². The Balaban J connectivity index is 2.58. The Morgan fingerprint density at radius 2 is 1.84 bits per heavy atom. The molecule has 108 valence electrons. The summed E-state index contributed by atoms with van der Waals surface area (Å²) < 4.78 is 6.04. The van der Waals surface area contributed by atoms with Gasteiger partial charge in [0.15, 0.2) is 0 Å². The zero-order valence-corrected chi connectivity index (χ0v) is 13.3. The van der Waals surface area contributed by atoms with E-state index in [4.69, 9.17) is 16.3 Å². The molecule has 0 aromatic heterocycles. The molecule has 0 aliphatic carbocycles. The molecule has 0 bridgehead atoms. The van der Waals surface area contributed by atoms with Crippen LogP contribution in [0.15, 0.2) is 24.3 Å². The van der Waals surface area contributed by atoms with Crippen LogP contribution in [-0.4, -0.2) is 19.7 Å². The number of halogens is 1. The van der Waals surface area contributed by atoms with Crippen LogP contribution in [-0.2, 0) is 4.74 Å². The molecule has 0 radical (unpaired) electrons. The van der Waals surface area contributed by atoms with Crippen molar-refractivity contribution >= 4 is 11.6 Å². The average molecular weight is 284 g/mol. The van der Waals surface area contributed by atoms with Crippen molar-refractivity contribution in [1.82, 2.24) is 5.32 Å². The number of hydrogen-bond acceptors (Lipinski definition) is 2. The predicted molar refractivity (Wildman–Crippen MR) is 82.8 cm³/mol. The minimum absolute atomic E-state index is 0.0968. The number of likely N-dealkylation sites (N-methyl/N-ethyl adjacent to an activating group) is 1. The molecule has 1 unspecified atom stereocenters. The Kier molecular flexibility index (Phi) is 6.84. The Hall–Kier alpha value is -0.570. The smallest absolute Gasteiger partial charge is 0.0949 e. The molecule has 0 fully saturated rings. The van der Waals surface area contributed by atoms with Gasteiger partial charge in [-0.25, -0.2) is 0 Å². The van der Waals surface area contributed by atoms with Crippen LogP contribution in [0, 0.1) is 5.41 Å². The summed E-state index contributed by atoms with van der Waals surface area (Å²) in [6.07, 6.45) is 1.16. The summed E-state index contributed by atoms with van der Waals surface area (Å²) >= 11 is 5.93. The van der Waals surface area contributed by atoms with E-state index in [0.29, 0.717) is 5.41 Å². The fourth-order valence-electron chi connectivity index (χ4n) is 1.73. The van der Waals surface area contributed by atoms with Crippen molar-refractivity contribution in [3.8, 4) is 0 Å². The summed E-state index contributed by atoms with van der Waals surface area (Å²) in [5, 5.41) is 4.12. The van der Waals surface area contributed by atoms with Crippen LogP contribution in [0.4, 0.5) is 0 Å². The second kappa shape index (κ2) is 7.88. The molecule has 0 aliphatic rings. The Bertz CT molecular complexity index is 356. The maximum absolute atomic E-state index is 6.04. The Labute approximate surface area is 122 Å². The molecule has 1 aromatic rings. The van der Waals surface area contributed by atoms with Crippen LogP contribution >= 0.6 is 11.6 Å². The molecule has 1 rings (SSSR count). The number of benzene rings is 1. The number of nitrogens with one attached hydrogen (secondary N) is 1. The zero-order valence-electron chi connectivity index (χ0n) is 12.5. The van der Waals surface area contributed by atoms with E-state index in [1.807, 2.05) is 24.3 Å². The van der Waals surface area contributed by atoms with Gasteiger partial charge in [-0.05, 0) is 36.1 Å². The molecule has 1 N–H and O–H groups in total. The Morgan fingerprint density at radius 1 is 1.21 bits per heavy atom. The van der Waals surface area contributed by atoms with E-state index in [2.05, 4.69) is 33.0 Å². The van der Waals surface area contributed by atoms with Crippen molar-refractivity contribution in [2.24, 2.45) is 5.41 Å². The van der Waals surface area contributed by atoms with E-state index in [-0.39, 0.29) is 6.10 Å². The summed E-state index contributed by atoms with van der Waals surface area (Å²) in [7, 11) is 0. The first kappa shape index (κ1) is 16.5. The molecule has 0 amide bonds. The average Bonchev–Trinajstić information content (AvgIpc) is 2.33. The molecule has 0 spiro atoms. The summed E-state index contributed by atoms with van der Waals surface area (Å²) in [5.74, 6) is 0. The molecule has 0 aliphatic heterocycles. The van der Waals surface area contributed by atoms with Gasteiger partial charge in [-0.15, -0.1) is 0 Å². The fourth-order valence-corrected chi connectivity index (χ4v) is 1.86. The highest BCUT2D eigenvalue weighted by Gasteiger charge is 2.14. The molecular weight excluding hydrogens is 258 g/mol. The molecule has 0 heterocycles. The molecular formula is C16H26ClNO. The van der Waals surface area contributed by atoms with Gasteiger partial charge in [-0.2, -0.15) is 0 Å². The third-order valence-electron chi connectivity index (χ3n) is 2.99. The fraction of sp³-hybridized carbons (Fsp3) is 0.625. The largest absolute Gasteiger partial charge is 0.372 e. The highest BCUT2D eigenvalue weighted by Crippen LogP contribution is 2.23. The van der Waals surface area contributed by atoms with Crippen molar-refractivity contribution in [2.45, 2.75) is 40.2 Å². The predicted octanol–water partition coefficient (Wildman–Crippen LogP) is 4.44. The summed E-state index contributed by atoms with van der Waals surface area (Å²) in [5.41, 5.74) is 1.49. The lowest BCUT2D eigenvalue weighted by atomic mass is 9.93.